The van der Waals surface area contributed by atoms with Crippen LogP contribution in [0.4, 0.5) is 5.69 Å². The van der Waals surface area contributed by atoms with Crippen molar-refractivity contribution in [1.82, 2.24) is 0 Å². The molecule has 0 aliphatic carbocycles. The predicted molar refractivity (Wildman–Crippen MR) is 92.8 cm³/mol. The lowest BCUT2D eigenvalue weighted by Gasteiger charge is -2.11. The third-order valence-corrected chi connectivity index (χ3v) is 5.55. The molecule has 0 saturated heterocycles. The first-order valence-electron chi connectivity index (χ1n) is 6.00. The number of rotatable bonds is 4. The Hall–Kier alpha value is -1.32. The van der Waals surface area contributed by atoms with E-state index in [1.807, 2.05) is 22.6 Å². The Bertz CT molecular complexity index is 823. The molecule has 116 valence electrons. The summed E-state index contributed by atoms with van der Waals surface area (Å²) in [7, 11) is -2.71. The summed E-state index contributed by atoms with van der Waals surface area (Å²) in [6.07, 6.45) is 0. The van der Waals surface area contributed by atoms with Crippen molar-refractivity contribution in [3.8, 4) is 0 Å². The Balaban J connectivity index is 2.45. The first-order chi connectivity index (χ1) is 10.3. The molecule has 0 saturated carbocycles. The Kier molecular flexibility index (Phi) is 5.30. The molecule has 0 bridgehead atoms. The topological polar surface area (TPSA) is 72.5 Å². The quantitative estimate of drug-likeness (QED) is 0.570. The Morgan fingerprint density at radius 3 is 2.55 bits per heavy atom. The number of carbonyl (C=O) groups excluding carboxylic acids is 1. The normalized spacial score (nSPS) is 11.0. The van der Waals surface area contributed by atoms with Gasteiger partial charge in [0.2, 0.25) is 0 Å². The standard InChI is InChI=1S/C14H11ClINO4S/c1-21-14(18)9-6-7-10(15)13(8-9)22(19,20)17-12-5-3-2-4-11(12)16/h2-8,17H,1H3. The summed E-state index contributed by atoms with van der Waals surface area (Å²) in [4.78, 5) is 11.4. The number of halogens is 2. The average Bonchev–Trinajstić information content (AvgIpc) is 2.49. The van der Waals surface area contributed by atoms with Gasteiger partial charge in [0.05, 0.1) is 23.4 Å². The molecule has 0 aliphatic heterocycles. The number of benzene rings is 2. The van der Waals surface area contributed by atoms with Crippen LogP contribution in [0, 0.1) is 3.57 Å². The van der Waals surface area contributed by atoms with Crippen LogP contribution in [0.3, 0.4) is 0 Å². The summed E-state index contributed by atoms with van der Waals surface area (Å²) >= 11 is 7.98. The molecule has 0 fully saturated rings. The van der Waals surface area contributed by atoms with Crippen molar-refractivity contribution in [2.24, 2.45) is 0 Å². The second-order valence-electron chi connectivity index (χ2n) is 4.22. The average molecular weight is 452 g/mol. The lowest BCUT2D eigenvalue weighted by molar-refractivity contribution is 0.0600. The molecule has 2 rings (SSSR count). The van der Waals surface area contributed by atoms with Crippen molar-refractivity contribution in [3.05, 3.63) is 56.6 Å². The fourth-order valence-corrected chi connectivity index (χ4v) is 4.01. The number of anilines is 1. The molecule has 0 atom stereocenters. The number of hydrogen-bond donors (Lipinski definition) is 1. The summed E-state index contributed by atoms with van der Waals surface area (Å²) in [6, 6.07) is 10.9. The molecule has 5 nitrogen and oxygen atoms in total. The van der Waals surface area contributed by atoms with Crippen molar-refractivity contribution in [2.75, 3.05) is 11.8 Å². The van der Waals surface area contributed by atoms with E-state index in [0.29, 0.717) is 5.69 Å². The molecular weight excluding hydrogens is 441 g/mol. The fraction of sp³-hybridized carbons (Fsp3) is 0.0714. The minimum Gasteiger partial charge on any atom is -0.465 e. The molecule has 2 aromatic rings. The SMILES string of the molecule is COC(=O)c1ccc(Cl)c(S(=O)(=O)Nc2ccccc2I)c1. The van der Waals surface area contributed by atoms with Gasteiger partial charge in [0.15, 0.2) is 0 Å². The molecule has 0 unspecified atom stereocenters. The molecule has 0 heterocycles. The van der Waals surface area contributed by atoms with Gasteiger partial charge in [0.1, 0.15) is 4.90 Å². The van der Waals surface area contributed by atoms with E-state index in [4.69, 9.17) is 11.6 Å². The Morgan fingerprint density at radius 1 is 1.23 bits per heavy atom. The number of esters is 1. The molecule has 0 aliphatic rings. The van der Waals surface area contributed by atoms with Gasteiger partial charge in [-0.15, -0.1) is 0 Å². The highest BCUT2D eigenvalue weighted by atomic mass is 127. The lowest BCUT2D eigenvalue weighted by atomic mass is 10.2. The van der Waals surface area contributed by atoms with Gasteiger partial charge in [-0.05, 0) is 52.9 Å². The van der Waals surface area contributed by atoms with Gasteiger partial charge in [-0.1, -0.05) is 23.7 Å². The number of nitrogens with one attached hydrogen (secondary N) is 1. The van der Waals surface area contributed by atoms with Crippen LogP contribution in [0.25, 0.3) is 0 Å². The van der Waals surface area contributed by atoms with Gasteiger partial charge >= 0.3 is 5.97 Å². The minimum absolute atomic E-state index is 0.0195. The zero-order valence-corrected chi connectivity index (χ0v) is 15.1. The second kappa shape index (κ2) is 6.84. The maximum atomic E-state index is 12.5. The first-order valence-corrected chi connectivity index (χ1v) is 8.94. The highest BCUT2D eigenvalue weighted by Gasteiger charge is 2.21. The van der Waals surface area contributed by atoms with E-state index in [-0.39, 0.29) is 15.5 Å². The molecule has 0 spiro atoms. The summed E-state index contributed by atoms with van der Waals surface area (Å²) < 4.78 is 32.8. The summed E-state index contributed by atoms with van der Waals surface area (Å²) in [5.74, 6) is -0.637. The minimum atomic E-state index is -3.93. The number of carbonyl (C=O) groups is 1. The largest absolute Gasteiger partial charge is 0.465 e. The van der Waals surface area contributed by atoms with Gasteiger partial charge in [0, 0.05) is 3.57 Å². The molecule has 0 aromatic heterocycles. The molecular formula is C14H11ClINO4S. The smallest absolute Gasteiger partial charge is 0.337 e. The number of hydrogen-bond acceptors (Lipinski definition) is 4. The van der Waals surface area contributed by atoms with E-state index in [9.17, 15) is 13.2 Å². The van der Waals surface area contributed by atoms with Gasteiger partial charge < -0.3 is 4.74 Å². The van der Waals surface area contributed by atoms with Crippen molar-refractivity contribution in [1.29, 1.82) is 0 Å². The maximum absolute atomic E-state index is 12.5. The van der Waals surface area contributed by atoms with Gasteiger partial charge in [0.25, 0.3) is 10.0 Å². The zero-order valence-electron chi connectivity index (χ0n) is 11.3. The molecule has 1 N–H and O–H groups in total. The number of methoxy groups -OCH3 is 1. The van der Waals surface area contributed by atoms with Crippen LogP contribution >= 0.6 is 34.2 Å². The highest BCUT2D eigenvalue weighted by Crippen LogP contribution is 2.27. The van der Waals surface area contributed by atoms with E-state index < -0.39 is 16.0 Å². The van der Waals surface area contributed by atoms with Crippen LogP contribution in [0.5, 0.6) is 0 Å². The number of para-hydroxylation sites is 1. The third-order valence-electron chi connectivity index (χ3n) is 2.76. The van der Waals surface area contributed by atoms with Crippen LogP contribution in [0.2, 0.25) is 5.02 Å². The molecule has 2 aromatic carbocycles. The fourth-order valence-electron chi connectivity index (χ4n) is 1.70. The second-order valence-corrected chi connectivity index (χ2v) is 7.44. The summed E-state index contributed by atoms with van der Waals surface area (Å²) in [6.45, 7) is 0. The first kappa shape index (κ1) is 17.0. The van der Waals surface area contributed by atoms with Crippen LogP contribution in [-0.4, -0.2) is 21.5 Å². The van der Waals surface area contributed by atoms with Crippen molar-refractivity contribution in [2.45, 2.75) is 4.90 Å². The summed E-state index contributed by atoms with van der Waals surface area (Å²) in [5.41, 5.74) is 0.540. The van der Waals surface area contributed by atoms with Crippen LogP contribution < -0.4 is 4.72 Å². The Labute approximate surface area is 146 Å². The van der Waals surface area contributed by atoms with Crippen LogP contribution in [0.1, 0.15) is 10.4 Å². The monoisotopic (exact) mass is 451 g/mol. The van der Waals surface area contributed by atoms with E-state index >= 15 is 0 Å². The van der Waals surface area contributed by atoms with Crippen LogP contribution in [-0.2, 0) is 14.8 Å². The number of ether oxygens (including phenoxy) is 1. The third kappa shape index (κ3) is 3.71. The van der Waals surface area contributed by atoms with Crippen molar-refractivity contribution < 1.29 is 17.9 Å². The van der Waals surface area contributed by atoms with E-state index in [1.54, 1.807) is 24.3 Å². The molecule has 0 radical (unpaired) electrons. The predicted octanol–water partition coefficient (Wildman–Crippen LogP) is 3.53. The maximum Gasteiger partial charge on any atom is 0.337 e. The van der Waals surface area contributed by atoms with Gasteiger partial charge in [-0.25, -0.2) is 13.2 Å². The molecule has 22 heavy (non-hydrogen) atoms. The molecule has 8 heteroatoms. The van der Waals surface area contributed by atoms with Crippen molar-refractivity contribution in [3.63, 3.8) is 0 Å². The van der Waals surface area contributed by atoms with Crippen molar-refractivity contribution >= 4 is 55.9 Å². The number of sulfonamides is 1. The highest BCUT2D eigenvalue weighted by molar-refractivity contribution is 14.1. The van der Waals surface area contributed by atoms with E-state index in [0.717, 1.165) is 3.57 Å². The van der Waals surface area contributed by atoms with E-state index in [2.05, 4.69) is 9.46 Å². The zero-order chi connectivity index (χ0) is 16.3. The Morgan fingerprint density at radius 2 is 1.91 bits per heavy atom. The van der Waals surface area contributed by atoms with Crippen LogP contribution in [0.15, 0.2) is 47.4 Å². The lowest BCUT2D eigenvalue weighted by Crippen LogP contribution is -2.15. The van der Waals surface area contributed by atoms with Gasteiger partial charge in [-0.3, -0.25) is 4.72 Å². The van der Waals surface area contributed by atoms with Gasteiger partial charge in [-0.2, -0.15) is 0 Å². The van der Waals surface area contributed by atoms with E-state index in [1.165, 1.54) is 25.3 Å². The molecule has 0 amide bonds. The summed E-state index contributed by atoms with van der Waals surface area (Å²) in [5, 5.41) is 0.0195.